The Morgan fingerprint density at radius 3 is 2.25 bits per heavy atom. The quantitative estimate of drug-likeness (QED) is 0.372. The second-order valence-corrected chi connectivity index (χ2v) is 9.46. The van der Waals surface area contributed by atoms with Crippen molar-refractivity contribution in [1.82, 2.24) is 0 Å². The van der Waals surface area contributed by atoms with E-state index in [-0.39, 0.29) is 26.3 Å². The standard InChI is InChI=1S/C24H17Cl3N2O2S/c1-13-5-3-7-18(14(13)2)28-21-22(32-16-11-9-15(25)10-12-16)24(31)29(23(21)30)19-8-4-6-17(26)20(19)27/h3-12,28H,1-2H3. The summed E-state index contributed by atoms with van der Waals surface area (Å²) in [6, 6.07) is 17.6. The van der Waals surface area contributed by atoms with Crippen LogP contribution in [0.1, 0.15) is 11.1 Å². The van der Waals surface area contributed by atoms with Crippen molar-refractivity contribution in [3.63, 3.8) is 0 Å². The van der Waals surface area contributed by atoms with E-state index >= 15 is 0 Å². The van der Waals surface area contributed by atoms with Crippen molar-refractivity contribution < 1.29 is 9.59 Å². The number of rotatable bonds is 5. The maximum absolute atomic E-state index is 13.5. The van der Waals surface area contributed by atoms with Crippen molar-refractivity contribution in [3.05, 3.63) is 97.5 Å². The Bertz CT molecular complexity index is 1270. The van der Waals surface area contributed by atoms with Gasteiger partial charge in [-0.15, -0.1) is 0 Å². The number of hydrogen-bond acceptors (Lipinski definition) is 4. The Morgan fingerprint density at radius 2 is 1.53 bits per heavy atom. The summed E-state index contributed by atoms with van der Waals surface area (Å²) in [6.07, 6.45) is 0. The number of thioether (sulfide) groups is 1. The Kier molecular flexibility index (Phi) is 6.54. The highest BCUT2D eigenvalue weighted by atomic mass is 35.5. The predicted octanol–water partition coefficient (Wildman–Crippen LogP) is 7.25. The molecule has 1 N–H and O–H groups in total. The maximum atomic E-state index is 13.5. The zero-order chi connectivity index (χ0) is 23.0. The predicted molar refractivity (Wildman–Crippen MR) is 133 cm³/mol. The lowest BCUT2D eigenvalue weighted by molar-refractivity contribution is -0.120. The van der Waals surface area contributed by atoms with Gasteiger partial charge in [-0.3, -0.25) is 9.59 Å². The van der Waals surface area contributed by atoms with E-state index in [1.165, 1.54) is 11.8 Å². The topological polar surface area (TPSA) is 49.4 Å². The number of anilines is 2. The van der Waals surface area contributed by atoms with Crippen molar-refractivity contribution in [3.8, 4) is 0 Å². The summed E-state index contributed by atoms with van der Waals surface area (Å²) >= 11 is 19.7. The first-order valence-corrected chi connectivity index (χ1v) is 11.6. The normalized spacial score (nSPS) is 13.8. The van der Waals surface area contributed by atoms with Gasteiger partial charge >= 0.3 is 0 Å². The highest BCUT2D eigenvalue weighted by Crippen LogP contribution is 2.41. The molecule has 162 valence electrons. The van der Waals surface area contributed by atoms with Crippen molar-refractivity contribution in [2.45, 2.75) is 18.7 Å². The highest BCUT2D eigenvalue weighted by Gasteiger charge is 2.41. The zero-order valence-corrected chi connectivity index (χ0v) is 20.2. The van der Waals surface area contributed by atoms with Gasteiger partial charge in [0.25, 0.3) is 11.8 Å². The first kappa shape index (κ1) is 22.7. The summed E-state index contributed by atoms with van der Waals surface area (Å²) in [5, 5.41) is 4.17. The van der Waals surface area contributed by atoms with Gasteiger partial charge in [0.05, 0.1) is 15.7 Å². The molecule has 0 saturated carbocycles. The molecule has 0 fully saturated rings. The van der Waals surface area contributed by atoms with Crippen LogP contribution in [0.15, 0.2) is 76.2 Å². The third kappa shape index (κ3) is 4.26. The molecule has 1 aliphatic heterocycles. The largest absolute Gasteiger partial charge is 0.350 e. The van der Waals surface area contributed by atoms with Gasteiger partial charge in [-0.05, 0) is 67.4 Å². The van der Waals surface area contributed by atoms with E-state index in [2.05, 4.69) is 5.32 Å². The molecule has 0 atom stereocenters. The van der Waals surface area contributed by atoms with Gasteiger partial charge in [0, 0.05) is 15.6 Å². The van der Waals surface area contributed by atoms with Crippen LogP contribution in [0.25, 0.3) is 0 Å². The van der Waals surface area contributed by atoms with Crippen LogP contribution in [0.5, 0.6) is 0 Å². The summed E-state index contributed by atoms with van der Waals surface area (Å²) in [4.78, 5) is 29.0. The fourth-order valence-electron chi connectivity index (χ4n) is 3.24. The summed E-state index contributed by atoms with van der Waals surface area (Å²) in [7, 11) is 0. The van der Waals surface area contributed by atoms with Crippen LogP contribution in [-0.2, 0) is 9.59 Å². The highest BCUT2D eigenvalue weighted by molar-refractivity contribution is 8.04. The van der Waals surface area contributed by atoms with E-state index < -0.39 is 11.8 Å². The molecule has 3 aromatic carbocycles. The molecular weight excluding hydrogens is 487 g/mol. The van der Waals surface area contributed by atoms with E-state index in [0.717, 1.165) is 26.6 Å². The minimum absolute atomic E-state index is 0.139. The number of aryl methyl sites for hydroxylation is 1. The first-order chi connectivity index (χ1) is 15.3. The third-order valence-corrected chi connectivity index (χ3v) is 7.26. The van der Waals surface area contributed by atoms with Gasteiger partial charge in [-0.1, -0.05) is 64.8 Å². The Labute approximate surface area is 205 Å². The second kappa shape index (κ2) is 9.20. The molecule has 0 radical (unpaired) electrons. The molecular formula is C24H17Cl3N2O2S. The third-order valence-electron chi connectivity index (χ3n) is 5.11. The van der Waals surface area contributed by atoms with Gasteiger partial charge in [-0.2, -0.15) is 0 Å². The minimum atomic E-state index is -0.503. The van der Waals surface area contributed by atoms with Crippen LogP contribution in [-0.4, -0.2) is 11.8 Å². The van der Waals surface area contributed by atoms with Crippen LogP contribution < -0.4 is 10.2 Å². The molecule has 0 bridgehead atoms. The second-order valence-electron chi connectivity index (χ2n) is 7.15. The molecule has 4 nitrogen and oxygen atoms in total. The van der Waals surface area contributed by atoms with Crippen LogP contribution in [0.3, 0.4) is 0 Å². The smallest absolute Gasteiger partial charge is 0.283 e. The summed E-state index contributed by atoms with van der Waals surface area (Å²) < 4.78 is 0. The average Bonchev–Trinajstić information content (AvgIpc) is 2.99. The molecule has 2 amide bonds. The Balaban J connectivity index is 1.80. The van der Waals surface area contributed by atoms with Crippen molar-refractivity contribution >= 4 is 69.8 Å². The number of carbonyl (C=O) groups is 2. The molecule has 0 aromatic heterocycles. The van der Waals surface area contributed by atoms with E-state index in [1.54, 1.807) is 42.5 Å². The van der Waals surface area contributed by atoms with Gasteiger partial charge in [0.15, 0.2) is 0 Å². The van der Waals surface area contributed by atoms with E-state index in [9.17, 15) is 9.59 Å². The van der Waals surface area contributed by atoms with E-state index in [0.29, 0.717) is 5.02 Å². The lowest BCUT2D eigenvalue weighted by Crippen LogP contribution is -2.32. The molecule has 1 aliphatic rings. The number of carbonyl (C=O) groups excluding carboxylic acids is 2. The molecule has 32 heavy (non-hydrogen) atoms. The Hall–Kier alpha value is -2.44. The van der Waals surface area contributed by atoms with Gasteiger partial charge in [-0.25, -0.2) is 4.90 Å². The molecule has 0 saturated heterocycles. The molecule has 4 rings (SSSR count). The number of nitrogens with zero attached hydrogens (tertiary/aromatic N) is 1. The number of amides is 2. The van der Waals surface area contributed by atoms with Gasteiger partial charge in [0.1, 0.15) is 10.6 Å². The van der Waals surface area contributed by atoms with Crippen LogP contribution in [0.4, 0.5) is 11.4 Å². The fourth-order valence-corrected chi connectivity index (χ4v) is 4.67. The Morgan fingerprint density at radius 1 is 0.844 bits per heavy atom. The maximum Gasteiger partial charge on any atom is 0.283 e. The van der Waals surface area contributed by atoms with Gasteiger partial charge in [0.2, 0.25) is 0 Å². The van der Waals surface area contributed by atoms with E-state index in [1.807, 2.05) is 32.0 Å². The van der Waals surface area contributed by atoms with Crippen molar-refractivity contribution in [2.75, 3.05) is 10.2 Å². The number of hydrogen-bond donors (Lipinski definition) is 1. The summed E-state index contributed by atoms with van der Waals surface area (Å²) in [6.45, 7) is 3.94. The fraction of sp³-hybridized carbons (Fsp3) is 0.0833. The molecule has 0 aliphatic carbocycles. The van der Waals surface area contributed by atoms with Crippen LogP contribution >= 0.6 is 46.6 Å². The molecule has 8 heteroatoms. The minimum Gasteiger partial charge on any atom is -0.350 e. The molecule has 0 spiro atoms. The summed E-state index contributed by atoms with van der Waals surface area (Å²) in [5.74, 6) is -0.983. The number of halogens is 3. The van der Waals surface area contributed by atoms with Gasteiger partial charge < -0.3 is 5.32 Å². The van der Waals surface area contributed by atoms with Crippen LogP contribution in [0, 0.1) is 13.8 Å². The SMILES string of the molecule is Cc1cccc(NC2=C(Sc3ccc(Cl)cc3)C(=O)N(c3cccc(Cl)c3Cl)C2=O)c1C. The van der Waals surface area contributed by atoms with Crippen molar-refractivity contribution in [1.29, 1.82) is 0 Å². The number of imide groups is 1. The molecule has 3 aromatic rings. The lowest BCUT2D eigenvalue weighted by atomic mass is 10.1. The van der Waals surface area contributed by atoms with Crippen LogP contribution in [0.2, 0.25) is 15.1 Å². The first-order valence-electron chi connectivity index (χ1n) is 9.61. The number of benzene rings is 3. The van der Waals surface area contributed by atoms with Crippen molar-refractivity contribution in [2.24, 2.45) is 0 Å². The average molecular weight is 504 g/mol. The summed E-state index contributed by atoms with van der Waals surface area (Å²) in [5.41, 5.74) is 3.21. The molecule has 0 unspecified atom stereocenters. The van der Waals surface area contributed by atoms with E-state index in [4.69, 9.17) is 34.8 Å². The molecule has 1 heterocycles. The lowest BCUT2D eigenvalue weighted by Gasteiger charge is -2.17. The monoisotopic (exact) mass is 502 g/mol. The zero-order valence-electron chi connectivity index (χ0n) is 17.1. The number of nitrogens with one attached hydrogen (secondary N) is 1.